The molecule has 0 unspecified atom stereocenters. The van der Waals surface area contributed by atoms with Gasteiger partial charge in [0.05, 0.1) is 10.7 Å². The molecular weight excluding hydrogens is 467 g/mol. The highest BCUT2D eigenvalue weighted by atomic mass is 35.5. The summed E-state index contributed by atoms with van der Waals surface area (Å²) in [6.07, 6.45) is 0.0564. The highest BCUT2D eigenvalue weighted by Crippen LogP contribution is 2.19. The van der Waals surface area contributed by atoms with Crippen molar-refractivity contribution in [3.8, 4) is 17.2 Å². The van der Waals surface area contributed by atoms with Crippen LogP contribution in [0.5, 0.6) is 0 Å². The second kappa shape index (κ2) is 9.79. The first-order valence-electron chi connectivity index (χ1n) is 10.2. The minimum absolute atomic E-state index is 0.0211. The molecule has 0 saturated carbocycles. The van der Waals surface area contributed by atoms with Crippen LogP contribution in [0.3, 0.4) is 0 Å². The summed E-state index contributed by atoms with van der Waals surface area (Å²) < 4.78 is 20.5. The third kappa shape index (κ3) is 4.79. The van der Waals surface area contributed by atoms with Gasteiger partial charge in [-0.2, -0.15) is 14.8 Å². The minimum atomic E-state index is -0.655. The number of carbonyl (C=O) groups is 1. The highest BCUT2D eigenvalue weighted by molar-refractivity contribution is 6.31. The molecule has 0 fully saturated rings. The van der Waals surface area contributed by atoms with Gasteiger partial charge in [0.25, 0.3) is 5.56 Å². The summed E-state index contributed by atoms with van der Waals surface area (Å²) in [6, 6.07) is 12.4. The van der Waals surface area contributed by atoms with E-state index in [0.29, 0.717) is 11.4 Å². The first-order chi connectivity index (χ1) is 16.4. The quantitative estimate of drug-likeness (QED) is 0.427. The van der Waals surface area contributed by atoms with E-state index in [0.717, 1.165) is 15.3 Å². The molecule has 174 valence electrons. The van der Waals surface area contributed by atoms with E-state index in [4.69, 9.17) is 16.1 Å². The van der Waals surface area contributed by atoms with Crippen LogP contribution in [-0.4, -0.2) is 30.4 Å². The molecule has 1 N–H and O–H groups in total. The molecule has 1 amide bonds. The van der Waals surface area contributed by atoms with Crippen molar-refractivity contribution in [2.24, 2.45) is 0 Å². The van der Waals surface area contributed by atoms with Crippen LogP contribution in [0.15, 0.2) is 62.6 Å². The number of hydrogen-bond acceptors (Lipinski definition) is 7. The lowest BCUT2D eigenvalue weighted by molar-refractivity contribution is -0.116. The van der Waals surface area contributed by atoms with E-state index in [-0.39, 0.29) is 47.7 Å². The Balaban J connectivity index is 1.54. The van der Waals surface area contributed by atoms with Gasteiger partial charge in [-0.1, -0.05) is 35.0 Å². The number of benzene rings is 2. The zero-order valence-corrected chi connectivity index (χ0v) is 18.6. The normalized spacial score (nSPS) is 10.9. The van der Waals surface area contributed by atoms with Gasteiger partial charge in [0, 0.05) is 25.1 Å². The van der Waals surface area contributed by atoms with Crippen LogP contribution in [-0.2, 0) is 17.8 Å². The first kappa shape index (κ1) is 23.1. The fourth-order valence-corrected chi connectivity index (χ4v) is 3.32. The van der Waals surface area contributed by atoms with Gasteiger partial charge in [0.1, 0.15) is 5.82 Å². The van der Waals surface area contributed by atoms with Gasteiger partial charge in [0.2, 0.25) is 17.6 Å². The summed E-state index contributed by atoms with van der Waals surface area (Å²) in [5, 5.41) is 10.4. The van der Waals surface area contributed by atoms with Crippen LogP contribution in [0.25, 0.3) is 17.2 Å². The Morgan fingerprint density at radius 3 is 2.65 bits per heavy atom. The minimum Gasteiger partial charge on any atom is -0.339 e. The molecule has 34 heavy (non-hydrogen) atoms. The second-order valence-electron chi connectivity index (χ2n) is 7.12. The third-order valence-corrected chi connectivity index (χ3v) is 5.12. The maximum atomic E-state index is 13.2. The molecule has 0 saturated heterocycles. The molecule has 0 atom stereocenters. The number of para-hydroxylation sites is 1. The highest BCUT2D eigenvalue weighted by Gasteiger charge is 2.20. The van der Waals surface area contributed by atoms with Crippen molar-refractivity contribution in [1.29, 1.82) is 0 Å². The van der Waals surface area contributed by atoms with Crippen LogP contribution in [0.2, 0.25) is 5.02 Å². The SMILES string of the molecule is CCn1c(=O)c(-c2noc(CCC(=O)Nc3ccc(F)c(Cl)c3)n2)nn(-c2ccccc2)c1=O. The molecule has 0 aliphatic heterocycles. The largest absolute Gasteiger partial charge is 0.352 e. The average Bonchev–Trinajstić information content (AvgIpc) is 3.30. The molecule has 0 bridgehead atoms. The van der Waals surface area contributed by atoms with Crippen LogP contribution >= 0.6 is 11.6 Å². The van der Waals surface area contributed by atoms with Crippen LogP contribution in [0, 0.1) is 5.82 Å². The lowest BCUT2D eigenvalue weighted by Gasteiger charge is -2.09. The molecule has 0 radical (unpaired) electrons. The predicted octanol–water partition coefficient (Wildman–Crippen LogP) is 2.83. The van der Waals surface area contributed by atoms with Gasteiger partial charge in [0.15, 0.2) is 5.69 Å². The van der Waals surface area contributed by atoms with Crippen LogP contribution < -0.4 is 16.6 Å². The number of anilines is 1. The van der Waals surface area contributed by atoms with Crippen LogP contribution in [0.1, 0.15) is 19.2 Å². The van der Waals surface area contributed by atoms with Crippen molar-refractivity contribution in [2.75, 3.05) is 5.32 Å². The fourth-order valence-electron chi connectivity index (χ4n) is 3.14. The van der Waals surface area contributed by atoms with Crippen molar-refractivity contribution in [1.82, 2.24) is 24.5 Å². The third-order valence-electron chi connectivity index (χ3n) is 4.83. The summed E-state index contributed by atoms with van der Waals surface area (Å²) in [5.74, 6) is -0.972. The molecule has 10 nitrogen and oxygen atoms in total. The topological polar surface area (TPSA) is 125 Å². The fraction of sp³-hybridized carbons (Fsp3) is 0.182. The number of carbonyl (C=O) groups excluding carboxylic acids is 1. The zero-order valence-electron chi connectivity index (χ0n) is 17.9. The molecular formula is C22H18ClFN6O4. The molecule has 2 heterocycles. The Hall–Kier alpha value is -4.12. The Bertz CT molecular complexity index is 1460. The van der Waals surface area contributed by atoms with E-state index in [9.17, 15) is 18.8 Å². The summed E-state index contributed by atoms with van der Waals surface area (Å²) in [7, 11) is 0. The number of amides is 1. The number of aromatic nitrogens is 5. The van der Waals surface area contributed by atoms with Gasteiger partial charge in [-0.15, -0.1) is 0 Å². The molecule has 0 aliphatic rings. The maximum absolute atomic E-state index is 13.2. The van der Waals surface area contributed by atoms with E-state index >= 15 is 0 Å². The molecule has 2 aromatic carbocycles. The van der Waals surface area contributed by atoms with Crippen molar-refractivity contribution in [3.63, 3.8) is 0 Å². The lowest BCUT2D eigenvalue weighted by atomic mass is 10.2. The zero-order chi connectivity index (χ0) is 24.2. The van der Waals surface area contributed by atoms with Gasteiger partial charge in [-0.25, -0.2) is 9.18 Å². The van der Waals surface area contributed by atoms with Crippen molar-refractivity contribution in [3.05, 3.63) is 86.1 Å². The molecule has 4 aromatic rings. The van der Waals surface area contributed by atoms with Crippen molar-refractivity contribution in [2.45, 2.75) is 26.3 Å². The van der Waals surface area contributed by atoms with E-state index in [2.05, 4.69) is 20.6 Å². The molecule has 4 rings (SSSR count). The summed E-state index contributed by atoms with van der Waals surface area (Å²) in [4.78, 5) is 41.9. The van der Waals surface area contributed by atoms with Crippen molar-refractivity contribution < 1.29 is 13.7 Å². The summed E-state index contributed by atoms with van der Waals surface area (Å²) in [5.41, 5.74) is -0.597. The number of rotatable bonds is 7. The Kier molecular flexibility index (Phi) is 6.64. The van der Waals surface area contributed by atoms with E-state index in [1.807, 2.05) is 0 Å². The van der Waals surface area contributed by atoms with Gasteiger partial charge < -0.3 is 9.84 Å². The summed E-state index contributed by atoms with van der Waals surface area (Å²) in [6.45, 7) is 1.79. The standard InChI is InChI=1S/C22H18ClFN6O4/c1-2-29-21(32)19(27-30(22(29)33)14-6-4-3-5-7-14)20-26-18(34-28-20)11-10-17(31)25-13-8-9-16(24)15(23)12-13/h3-9,12H,2,10-11H2,1H3,(H,25,31). The molecule has 2 aromatic heterocycles. The van der Waals surface area contributed by atoms with Gasteiger partial charge in [-0.05, 0) is 37.3 Å². The van der Waals surface area contributed by atoms with Crippen molar-refractivity contribution >= 4 is 23.2 Å². The van der Waals surface area contributed by atoms with E-state index < -0.39 is 17.1 Å². The smallest absolute Gasteiger partial charge is 0.339 e. The van der Waals surface area contributed by atoms with Crippen LogP contribution in [0.4, 0.5) is 10.1 Å². The molecule has 0 spiro atoms. The number of halogens is 2. The summed E-state index contributed by atoms with van der Waals surface area (Å²) >= 11 is 5.71. The predicted molar refractivity (Wildman–Crippen MR) is 121 cm³/mol. The average molecular weight is 485 g/mol. The van der Waals surface area contributed by atoms with E-state index in [1.54, 1.807) is 37.3 Å². The van der Waals surface area contributed by atoms with E-state index in [1.165, 1.54) is 12.1 Å². The number of nitrogens with zero attached hydrogens (tertiary/aromatic N) is 5. The molecule has 0 aliphatic carbocycles. The first-order valence-corrected chi connectivity index (χ1v) is 10.6. The second-order valence-corrected chi connectivity index (χ2v) is 7.52. The monoisotopic (exact) mass is 484 g/mol. The lowest BCUT2D eigenvalue weighted by Crippen LogP contribution is -2.41. The Morgan fingerprint density at radius 2 is 1.94 bits per heavy atom. The number of aryl methyl sites for hydroxylation is 1. The molecule has 12 heteroatoms. The Morgan fingerprint density at radius 1 is 1.18 bits per heavy atom. The number of hydrogen-bond donors (Lipinski definition) is 1. The Labute approximate surface area is 196 Å². The van der Waals surface area contributed by atoms with Gasteiger partial charge in [-0.3, -0.25) is 14.2 Å². The number of nitrogens with one attached hydrogen (secondary N) is 1. The van der Waals surface area contributed by atoms with Gasteiger partial charge >= 0.3 is 5.69 Å². The maximum Gasteiger partial charge on any atom is 0.352 e.